The minimum absolute atomic E-state index is 0.963. The summed E-state index contributed by atoms with van der Waals surface area (Å²) in [5.41, 5.74) is 3.54. The Kier molecular flexibility index (Phi) is 1.49. The first-order chi connectivity index (χ1) is 7.27. The Balaban J connectivity index is 1.83. The van der Waals surface area contributed by atoms with Gasteiger partial charge >= 0.3 is 0 Å². The molecule has 0 N–H and O–H groups in total. The number of hydrogen-bond acceptors (Lipinski definition) is 0. The zero-order chi connectivity index (χ0) is 10.2. The zero-order valence-electron chi connectivity index (χ0n) is 9.74. The molecule has 0 spiro atoms. The summed E-state index contributed by atoms with van der Waals surface area (Å²) >= 11 is 0. The fourth-order valence-corrected chi connectivity index (χ4v) is 5.52. The quantitative estimate of drug-likeness (QED) is 0.412. The van der Waals surface area contributed by atoms with Gasteiger partial charge in [-0.3, -0.25) is 0 Å². The molecule has 80 valence electrons. The third-order valence-corrected chi connectivity index (χ3v) is 5.68. The first-order valence-corrected chi connectivity index (χ1v) is 6.63. The van der Waals surface area contributed by atoms with Crippen molar-refractivity contribution in [2.24, 2.45) is 35.5 Å². The van der Waals surface area contributed by atoms with Gasteiger partial charge in [0.1, 0.15) is 0 Å². The Bertz CT molecular complexity index is 341. The van der Waals surface area contributed by atoms with Crippen LogP contribution in [0, 0.1) is 35.5 Å². The van der Waals surface area contributed by atoms with Crippen LogP contribution in [0.4, 0.5) is 0 Å². The van der Waals surface area contributed by atoms with Crippen molar-refractivity contribution in [1.29, 1.82) is 0 Å². The molecule has 0 aromatic rings. The summed E-state index contributed by atoms with van der Waals surface area (Å²) in [5, 5.41) is 0. The smallest absolute Gasteiger partial charge is 0.0161 e. The first-order valence-electron chi connectivity index (χ1n) is 6.63. The van der Waals surface area contributed by atoms with Crippen molar-refractivity contribution < 1.29 is 0 Å². The molecule has 0 amide bonds. The molecular formula is C15H20. The topological polar surface area (TPSA) is 0 Å². The van der Waals surface area contributed by atoms with E-state index >= 15 is 0 Å². The van der Waals surface area contributed by atoms with E-state index in [-0.39, 0.29) is 0 Å². The van der Waals surface area contributed by atoms with Crippen LogP contribution < -0.4 is 0 Å². The molecule has 4 aliphatic rings. The molecule has 0 nitrogen and oxygen atoms in total. The predicted molar refractivity (Wildman–Crippen MR) is 62.3 cm³/mol. The molecule has 3 saturated carbocycles. The van der Waals surface area contributed by atoms with Gasteiger partial charge in [-0.25, -0.2) is 0 Å². The van der Waals surface area contributed by atoms with Crippen LogP contribution in [0.5, 0.6) is 0 Å². The maximum absolute atomic E-state index is 2.54. The maximum atomic E-state index is 2.54. The second-order valence-corrected chi connectivity index (χ2v) is 6.35. The lowest BCUT2D eigenvalue weighted by Crippen LogP contribution is -2.25. The second kappa shape index (κ2) is 2.59. The van der Waals surface area contributed by atoms with Gasteiger partial charge in [0.2, 0.25) is 0 Å². The molecule has 0 aromatic heterocycles. The molecule has 4 aliphatic carbocycles. The molecule has 0 saturated heterocycles. The number of rotatable bonds is 0. The van der Waals surface area contributed by atoms with Gasteiger partial charge in [-0.2, -0.15) is 0 Å². The molecule has 0 aromatic carbocycles. The van der Waals surface area contributed by atoms with Crippen LogP contribution in [-0.4, -0.2) is 0 Å². The minimum Gasteiger partial charge on any atom is -0.0848 e. The van der Waals surface area contributed by atoms with Crippen molar-refractivity contribution in [1.82, 2.24) is 0 Å². The van der Waals surface area contributed by atoms with Gasteiger partial charge in [-0.1, -0.05) is 23.3 Å². The van der Waals surface area contributed by atoms with E-state index in [0.717, 1.165) is 35.5 Å². The zero-order valence-corrected chi connectivity index (χ0v) is 9.74. The lowest BCUT2D eigenvalue weighted by Gasteiger charge is -2.31. The lowest BCUT2D eigenvalue weighted by atomic mass is 9.73. The number of allylic oxidation sites excluding steroid dienone is 4. The van der Waals surface area contributed by atoms with Gasteiger partial charge in [0.05, 0.1) is 0 Å². The molecule has 15 heavy (non-hydrogen) atoms. The molecule has 6 unspecified atom stereocenters. The molecule has 0 heteroatoms. The van der Waals surface area contributed by atoms with Crippen LogP contribution in [0.25, 0.3) is 0 Å². The first kappa shape index (κ1) is 8.61. The average molecular weight is 200 g/mol. The van der Waals surface area contributed by atoms with E-state index in [9.17, 15) is 0 Å². The van der Waals surface area contributed by atoms with Crippen molar-refractivity contribution >= 4 is 0 Å². The summed E-state index contributed by atoms with van der Waals surface area (Å²) in [7, 11) is 0. The monoisotopic (exact) mass is 200 g/mol. The van der Waals surface area contributed by atoms with Crippen LogP contribution in [0.2, 0.25) is 0 Å². The van der Waals surface area contributed by atoms with E-state index in [4.69, 9.17) is 0 Å². The van der Waals surface area contributed by atoms with Gasteiger partial charge in [0.25, 0.3) is 0 Å². The number of fused-ring (bicyclic) bond motifs is 9. The third-order valence-electron chi connectivity index (χ3n) is 5.68. The summed E-state index contributed by atoms with van der Waals surface area (Å²) in [4.78, 5) is 0. The Morgan fingerprint density at radius 1 is 1.00 bits per heavy atom. The summed E-state index contributed by atoms with van der Waals surface area (Å²) in [6.45, 7) is 4.69. The highest BCUT2D eigenvalue weighted by Crippen LogP contribution is 2.67. The number of hydrogen-bond donors (Lipinski definition) is 0. The molecule has 6 atom stereocenters. The molecule has 0 aliphatic heterocycles. The van der Waals surface area contributed by atoms with Crippen LogP contribution in [0.3, 0.4) is 0 Å². The molecule has 0 radical (unpaired) electrons. The van der Waals surface area contributed by atoms with Gasteiger partial charge in [0.15, 0.2) is 0 Å². The van der Waals surface area contributed by atoms with Crippen molar-refractivity contribution in [2.45, 2.75) is 33.1 Å². The van der Waals surface area contributed by atoms with Crippen LogP contribution in [0.1, 0.15) is 33.1 Å². The van der Waals surface area contributed by atoms with Crippen molar-refractivity contribution in [3.8, 4) is 0 Å². The van der Waals surface area contributed by atoms with Crippen molar-refractivity contribution in [2.75, 3.05) is 0 Å². The van der Waals surface area contributed by atoms with E-state index in [1.807, 2.05) is 5.57 Å². The highest BCUT2D eigenvalue weighted by atomic mass is 14.6. The van der Waals surface area contributed by atoms with E-state index < -0.39 is 0 Å². The van der Waals surface area contributed by atoms with Crippen LogP contribution in [-0.2, 0) is 0 Å². The highest BCUT2D eigenvalue weighted by molar-refractivity contribution is 5.34. The second-order valence-electron chi connectivity index (χ2n) is 6.35. The van der Waals surface area contributed by atoms with Crippen molar-refractivity contribution in [3.05, 3.63) is 23.3 Å². The summed E-state index contributed by atoms with van der Waals surface area (Å²) in [6, 6.07) is 0. The van der Waals surface area contributed by atoms with Crippen LogP contribution >= 0.6 is 0 Å². The Labute approximate surface area is 92.4 Å². The normalized spacial score (nSPS) is 54.1. The van der Waals surface area contributed by atoms with E-state index in [1.54, 1.807) is 5.57 Å². The third kappa shape index (κ3) is 0.859. The standard InChI is InChI=1S/C15H20/c1-8(2)13-11-5-6-12(13)15-10-4-3-9(7-10)14(11)15/h3-4,9-12,14-15H,5-7H2,1-2H3. The lowest BCUT2D eigenvalue weighted by molar-refractivity contribution is 0.206. The van der Waals surface area contributed by atoms with Gasteiger partial charge in [-0.05, 0) is 68.6 Å². The van der Waals surface area contributed by atoms with Gasteiger partial charge < -0.3 is 0 Å². The Morgan fingerprint density at radius 3 is 2.00 bits per heavy atom. The Hall–Kier alpha value is -0.520. The summed E-state index contributed by atoms with van der Waals surface area (Å²) in [5.74, 6) is 6.02. The van der Waals surface area contributed by atoms with E-state index in [1.165, 1.54) is 19.3 Å². The Morgan fingerprint density at radius 2 is 1.53 bits per heavy atom. The van der Waals surface area contributed by atoms with Gasteiger partial charge in [-0.15, -0.1) is 0 Å². The molecular weight excluding hydrogens is 180 g/mol. The highest BCUT2D eigenvalue weighted by Gasteiger charge is 2.60. The van der Waals surface area contributed by atoms with Gasteiger partial charge in [0, 0.05) is 0 Å². The van der Waals surface area contributed by atoms with E-state index in [2.05, 4.69) is 26.0 Å². The predicted octanol–water partition coefficient (Wildman–Crippen LogP) is 3.80. The maximum Gasteiger partial charge on any atom is -0.0161 e. The van der Waals surface area contributed by atoms with E-state index in [0.29, 0.717) is 0 Å². The van der Waals surface area contributed by atoms with Crippen LogP contribution in [0.15, 0.2) is 23.3 Å². The minimum atomic E-state index is 0.963. The fourth-order valence-electron chi connectivity index (χ4n) is 5.52. The molecule has 4 rings (SSSR count). The largest absolute Gasteiger partial charge is 0.0848 e. The fraction of sp³-hybridized carbons (Fsp3) is 0.733. The summed E-state index contributed by atoms with van der Waals surface area (Å²) < 4.78 is 0. The molecule has 0 heterocycles. The molecule has 4 bridgehead atoms. The molecule has 3 fully saturated rings. The summed E-state index contributed by atoms with van der Waals surface area (Å²) in [6.07, 6.45) is 9.58. The SMILES string of the molecule is CC(C)=C1C2CCC1C1C3C=CC(C3)C21. The van der Waals surface area contributed by atoms with Crippen molar-refractivity contribution in [3.63, 3.8) is 0 Å². The average Bonchev–Trinajstić information content (AvgIpc) is 2.95.